The molecule has 0 aliphatic carbocycles. The van der Waals surface area contributed by atoms with E-state index in [2.05, 4.69) is 11.7 Å². The molecule has 0 fully saturated rings. The average Bonchev–Trinajstić information content (AvgIpc) is 2.58. The molecule has 2 unspecified atom stereocenters. The van der Waals surface area contributed by atoms with Crippen LogP contribution in [0.15, 0.2) is 0 Å². The van der Waals surface area contributed by atoms with Gasteiger partial charge in [0.1, 0.15) is 5.60 Å². The van der Waals surface area contributed by atoms with Crippen molar-refractivity contribution in [2.75, 3.05) is 18.6 Å². The molecule has 26 heavy (non-hydrogen) atoms. The number of ether oxygens (including phenoxy) is 1. The number of nitrogens with one attached hydrogen (secondary N) is 1. The van der Waals surface area contributed by atoms with Gasteiger partial charge in [0.15, 0.2) is 0 Å². The van der Waals surface area contributed by atoms with Crippen molar-refractivity contribution in [3.05, 3.63) is 0 Å². The van der Waals surface area contributed by atoms with Gasteiger partial charge < -0.3 is 26.0 Å². The number of alkyl halides is 2. The third kappa shape index (κ3) is 38.6. The number of carbonyl (C=O) groups is 1. The number of hydrogen-bond acceptors (Lipinski definition) is 6. The Hall–Kier alpha value is -0.845. The Labute approximate surface area is 168 Å². The van der Waals surface area contributed by atoms with Gasteiger partial charge in [-0.15, -0.1) is 23.2 Å². The maximum Gasteiger partial charge on any atom is 0.407 e. The molecule has 0 bridgehead atoms. The standard InChI is InChI=1S/C9H19NO3.C4H11NO.C2HBO.CH2Cl2/c1-5-7(6-11)10-8(12)13-9(2,3)4;1-2-4(5)3-6;1-2-3-4;2-1-3/h7,11H,5-6H2,1-4H3,(H,10,12);4,6H,2-3,5H2,1H3;1H;1H2. The number of carbonyl (C=O) groups excluding carboxylic acids is 1. The minimum Gasteiger partial charge on any atom is -0.444 e. The summed E-state index contributed by atoms with van der Waals surface area (Å²) in [6, 6.07) is -0.222. The van der Waals surface area contributed by atoms with Gasteiger partial charge in [-0.3, -0.25) is 0 Å². The molecular weight excluding hydrogens is 382 g/mol. The van der Waals surface area contributed by atoms with Crippen molar-refractivity contribution in [2.45, 2.75) is 65.1 Å². The van der Waals surface area contributed by atoms with Crippen LogP contribution >= 0.6 is 23.2 Å². The molecule has 7 nitrogen and oxygen atoms in total. The zero-order chi connectivity index (χ0) is 21.6. The van der Waals surface area contributed by atoms with Crippen molar-refractivity contribution in [3.8, 4) is 12.2 Å². The summed E-state index contributed by atoms with van der Waals surface area (Å²) in [7, 11) is 0.403. The molecule has 0 saturated heterocycles. The number of halogens is 2. The molecule has 1 amide bonds. The monoisotopic (exact) mass is 414 g/mol. The van der Waals surface area contributed by atoms with Crippen LogP contribution in [0.25, 0.3) is 0 Å². The second-order valence-corrected chi connectivity index (χ2v) is 6.48. The zero-order valence-corrected chi connectivity index (χ0v) is 17.8. The minimum absolute atomic E-state index is 0.00926. The number of hydrogen-bond donors (Lipinski definition) is 4. The topological polar surface area (TPSA) is 122 Å². The smallest absolute Gasteiger partial charge is 0.407 e. The molecule has 154 valence electrons. The van der Waals surface area contributed by atoms with Crippen molar-refractivity contribution in [1.29, 1.82) is 0 Å². The first kappa shape index (κ1) is 32.8. The SMILES string of the molecule is C#CB=O.CCC(CO)NC(=O)OC(C)(C)C.CCC(N)CO.ClCCl. The van der Waals surface area contributed by atoms with E-state index < -0.39 is 11.7 Å². The summed E-state index contributed by atoms with van der Waals surface area (Å²) in [4.78, 5) is 11.1. The van der Waals surface area contributed by atoms with Gasteiger partial charge in [-0.1, -0.05) is 13.8 Å². The molecular formula is C16H33BCl2N2O5. The number of aliphatic hydroxyl groups excluding tert-OH is 2. The van der Waals surface area contributed by atoms with Crippen LogP contribution in [0.4, 0.5) is 4.79 Å². The first-order valence-electron chi connectivity index (χ1n) is 8.01. The number of amides is 1. The Bertz CT molecular complexity index is 356. The fraction of sp³-hybridized carbons (Fsp3) is 0.812. The van der Waals surface area contributed by atoms with Crippen LogP contribution in [-0.4, -0.2) is 59.7 Å². The number of rotatable bonds is 5. The summed E-state index contributed by atoms with van der Waals surface area (Å²) in [5.41, 5.74) is 4.73. The summed E-state index contributed by atoms with van der Waals surface area (Å²) in [5.74, 6) is 1.75. The largest absolute Gasteiger partial charge is 0.444 e. The van der Waals surface area contributed by atoms with Gasteiger partial charge >= 0.3 is 30.2 Å². The van der Waals surface area contributed by atoms with Gasteiger partial charge in [0.05, 0.1) is 24.6 Å². The van der Waals surface area contributed by atoms with E-state index in [1.54, 1.807) is 26.6 Å². The summed E-state index contributed by atoms with van der Waals surface area (Å²) >= 11 is 9.53. The Kier molecular flexibility index (Phi) is 30.5. The molecule has 0 saturated carbocycles. The van der Waals surface area contributed by atoms with Crippen LogP contribution in [-0.2, 0) is 9.44 Å². The Morgan fingerprint density at radius 1 is 1.27 bits per heavy atom. The van der Waals surface area contributed by atoms with Crippen molar-refractivity contribution in [3.63, 3.8) is 0 Å². The third-order valence-corrected chi connectivity index (χ3v) is 2.26. The van der Waals surface area contributed by atoms with Gasteiger partial charge in [0, 0.05) is 6.04 Å². The van der Waals surface area contributed by atoms with Crippen LogP contribution in [0.5, 0.6) is 0 Å². The van der Waals surface area contributed by atoms with Crippen molar-refractivity contribution in [2.24, 2.45) is 5.73 Å². The van der Waals surface area contributed by atoms with Crippen LogP contribution in [0, 0.1) is 12.2 Å². The minimum atomic E-state index is -0.488. The molecule has 0 aliphatic rings. The van der Waals surface area contributed by atoms with E-state index >= 15 is 0 Å². The second-order valence-electron chi connectivity index (χ2n) is 5.67. The van der Waals surface area contributed by atoms with Gasteiger partial charge in [-0.2, -0.15) is 0 Å². The molecule has 5 N–H and O–H groups in total. The molecule has 0 aliphatic heterocycles. The summed E-state index contributed by atoms with van der Waals surface area (Å²) in [5, 5.41) is 19.8. The number of aliphatic hydroxyl groups is 2. The van der Waals surface area contributed by atoms with E-state index in [0.29, 0.717) is 13.6 Å². The van der Waals surface area contributed by atoms with Crippen LogP contribution < -0.4 is 11.1 Å². The zero-order valence-electron chi connectivity index (χ0n) is 16.3. The molecule has 0 radical (unpaired) electrons. The van der Waals surface area contributed by atoms with Crippen LogP contribution in [0.1, 0.15) is 47.5 Å². The predicted octanol–water partition coefficient (Wildman–Crippen LogP) is 2.05. The van der Waals surface area contributed by atoms with E-state index in [4.69, 9.17) is 48.6 Å². The number of alkyl carbamates (subject to hydrolysis) is 1. The molecule has 2 atom stereocenters. The van der Waals surface area contributed by atoms with Crippen molar-refractivity contribution >= 4 is 36.4 Å². The normalized spacial score (nSPS) is 11.3. The molecule has 0 rings (SSSR count). The summed E-state index contributed by atoms with van der Waals surface area (Å²) in [6.07, 6.45) is 5.48. The quantitative estimate of drug-likeness (QED) is 0.310. The molecule has 0 aromatic rings. The number of terminal acetylenes is 1. The van der Waals surface area contributed by atoms with Gasteiger partial charge in [0.2, 0.25) is 0 Å². The maximum atomic E-state index is 11.1. The predicted molar refractivity (Wildman–Crippen MR) is 108 cm³/mol. The second kappa shape index (κ2) is 24.2. The first-order valence-corrected chi connectivity index (χ1v) is 9.08. The average molecular weight is 415 g/mol. The third-order valence-electron chi connectivity index (χ3n) is 2.26. The van der Waals surface area contributed by atoms with Gasteiger partial charge in [0.25, 0.3) is 0 Å². The van der Waals surface area contributed by atoms with Crippen LogP contribution in [0.3, 0.4) is 0 Å². The van der Waals surface area contributed by atoms with Crippen LogP contribution in [0.2, 0.25) is 0 Å². The molecule has 10 heteroatoms. The van der Waals surface area contributed by atoms with E-state index in [0.717, 1.165) is 6.42 Å². The Morgan fingerprint density at radius 2 is 1.69 bits per heavy atom. The first-order chi connectivity index (χ1) is 12.0. The summed E-state index contributed by atoms with van der Waals surface area (Å²) < 4.78 is 13.9. The molecule has 0 aromatic carbocycles. The Morgan fingerprint density at radius 3 is 1.85 bits per heavy atom. The van der Waals surface area contributed by atoms with Crippen molar-refractivity contribution in [1.82, 2.24) is 5.32 Å². The van der Waals surface area contributed by atoms with E-state index in [9.17, 15) is 4.79 Å². The summed E-state index contributed by atoms with van der Waals surface area (Å²) in [6.45, 7) is 9.27. The van der Waals surface area contributed by atoms with Crippen molar-refractivity contribution < 1.29 is 24.4 Å². The van der Waals surface area contributed by atoms with E-state index in [1.165, 1.54) is 0 Å². The van der Waals surface area contributed by atoms with Gasteiger partial charge in [-0.05, 0) is 33.6 Å². The maximum absolute atomic E-state index is 11.1. The molecule has 0 aromatic heterocycles. The molecule has 0 spiro atoms. The fourth-order valence-electron chi connectivity index (χ4n) is 0.880. The van der Waals surface area contributed by atoms with E-state index in [1.807, 2.05) is 13.8 Å². The fourth-order valence-corrected chi connectivity index (χ4v) is 0.880. The van der Waals surface area contributed by atoms with Gasteiger partial charge in [-0.25, -0.2) is 4.79 Å². The molecule has 0 heterocycles. The Balaban J connectivity index is -0.000000154. The van der Waals surface area contributed by atoms with E-state index in [-0.39, 0.29) is 30.6 Å². The number of nitrogens with two attached hydrogens (primary N) is 1.